The minimum absolute atomic E-state index is 0.114. The first-order valence-corrected chi connectivity index (χ1v) is 8.95. The van der Waals surface area contributed by atoms with E-state index in [1.54, 1.807) is 23.9 Å². The van der Waals surface area contributed by atoms with E-state index >= 15 is 0 Å². The average Bonchev–Trinajstić information content (AvgIpc) is 3.24. The van der Waals surface area contributed by atoms with Gasteiger partial charge in [0.2, 0.25) is 0 Å². The van der Waals surface area contributed by atoms with Gasteiger partial charge in [-0.15, -0.1) is 0 Å². The van der Waals surface area contributed by atoms with Crippen molar-refractivity contribution in [2.75, 3.05) is 11.1 Å². The number of hydrogen-bond acceptors (Lipinski definition) is 5. The summed E-state index contributed by atoms with van der Waals surface area (Å²) in [6.45, 7) is 0.955. The maximum atomic E-state index is 12.4. The molecule has 1 aliphatic rings. The van der Waals surface area contributed by atoms with Crippen molar-refractivity contribution in [2.24, 2.45) is 0 Å². The number of hydrogen-bond donors (Lipinski definition) is 1. The van der Waals surface area contributed by atoms with Crippen LogP contribution in [0.25, 0.3) is 11.3 Å². The molecular weight excluding hydrogens is 352 g/mol. The van der Waals surface area contributed by atoms with Crippen molar-refractivity contribution in [3.8, 4) is 11.3 Å². The van der Waals surface area contributed by atoms with Crippen molar-refractivity contribution < 1.29 is 9.72 Å². The molecule has 8 heteroatoms. The lowest BCUT2D eigenvalue weighted by Gasteiger charge is -2.07. The Balaban J connectivity index is 1.56. The lowest BCUT2D eigenvalue weighted by atomic mass is 10.1. The van der Waals surface area contributed by atoms with Gasteiger partial charge in [0, 0.05) is 47.4 Å². The van der Waals surface area contributed by atoms with Crippen LogP contribution >= 0.6 is 11.8 Å². The minimum atomic E-state index is -0.520. The van der Waals surface area contributed by atoms with Crippen LogP contribution in [0.1, 0.15) is 10.4 Å². The van der Waals surface area contributed by atoms with Gasteiger partial charge in [-0.1, -0.05) is 30.0 Å². The second-order valence-corrected chi connectivity index (χ2v) is 6.86. The van der Waals surface area contributed by atoms with E-state index in [1.807, 2.05) is 24.4 Å². The number of nitro groups is 1. The number of fused-ring (bicyclic) bond motifs is 1. The zero-order chi connectivity index (χ0) is 18.1. The van der Waals surface area contributed by atoms with Crippen LogP contribution in [0.4, 0.5) is 11.4 Å². The van der Waals surface area contributed by atoms with Crippen molar-refractivity contribution in [3.63, 3.8) is 0 Å². The molecule has 130 valence electrons. The van der Waals surface area contributed by atoms with Gasteiger partial charge in [0.25, 0.3) is 11.6 Å². The topological polar surface area (TPSA) is 90.1 Å². The minimum Gasteiger partial charge on any atom is -0.325 e. The Kier molecular flexibility index (Phi) is 4.18. The summed E-state index contributed by atoms with van der Waals surface area (Å²) in [5, 5.41) is 14.6. The molecular formula is C18H14N4O3S. The molecule has 0 bridgehead atoms. The molecule has 0 unspecified atom stereocenters. The second-order valence-electron chi connectivity index (χ2n) is 5.79. The number of rotatable bonds is 4. The first-order valence-electron chi connectivity index (χ1n) is 7.96. The zero-order valence-electron chi connectivity index (χ0n) is 13.6. The maximum absolute atomic E-state index is 12.4. The molecule has 2 heterocycles. The largest absolute Gasteiger partial charge is 0.325 e. The molecule has 3 aromatic rings. The predicted octanol–water partition coefficient (Wildman–Crippen LogP) is 3.82. The molecule has 0 radical (unpaired) electrons. The van der Waals surface area contributed by atoms with Crippen molar-refractivity contribution in [2.45, 2.75) is 11.7 Å². The monoisotopic (exact) mass is 366 g/mol. The van der Waals surface area contributed by atoms with Crippen molar-refractivity contribution in [3.05, 3.63) is 70.4 Å². The second kappa shape index (κ2) is 6.64. The molecule has 1 aromatic heterocycles. The number of nitrogens with one attached hydrogen (secondary N) is 1. The van der Waals surface area contributed by atoms with E-state index in [0.717, 1.165) is 28.7 Å². The van der Waals surface area contributed by atoms with Gasteiger partial charge < -0.3 is 9.88 Å². The third kappa shape index (κ3) is 3.18. The number of non-ortho nitro benzene ring substituents is 1. The van der Waals surface area contributed by atoms with Crippen LogP contribution in [0.15, 0.2) is 59.9 Å². The molecule has 0 saturated heterocycles. The third-order valence-corrected chi connectivity index (χ3v) is 5.01. The van der Waals surface area contributed by atoms with Crippen molar-refractivity contribution >= 4 is 29.0 Å². The Bertz CT molecular complexity index is 994. The number of benzene rings is 2. The average molecular weight is 366 g/mol. The SMILES string of the molecule is O=C(Nc1cccc(-c2cn3c(n2)SCC3)c1)c1cccc([N+](=O)[O-])c1. The van der Waals surface area contributed by atoms with E-state index in [1.165, 1.54) is 18.2 Å². The fraction of sp³-hybridized carbons (Fsp3) is 0.111. The summed E-state index contributed by atoms with van der Waals surface area (Å²) >= 11 is 1.73. The summed E-state index contributed by atoms with van der Waals surface area (Å²) in [6, 6.07) is 13.1. The van der Waals surface area contributed by atoms with Gasteiger partial charge >= 0.3 is 0 Å². The van der Waals surface area contributed by atoms with E-state index in [0.29, 0.717) is 5.69 Å². The summed E-state index contributed by atoms with van der Waals surface area (Å²) in [5.41, 5.74) is 2.50. The summed E-state index contributed by atoms with van der Waals surface area (Å²) in [6.07, 6.45) is 2.01. The van der Waals surface area contributed by atoms with Crippen molar-refractivity contribution in [1.29, 1.82) is 0 Å². The number of aryl methyl sites for hydroxylation is 1. The molecule has 4 rings (SSSR count). The van der Waals surface area contributed by atoms with Gasteiger partial charge in [0.05, 0.1) is 10.6 Å². The normalized spacial score (nSPS) is 12.6. The van der Waals surface area contributed by atoms with Gasteiger partial charge in [0.1, 0.15) is 0 Å². The number of thioether (sulfide) groups is 1. The third-order valence-electron chi connectivity index (χ3n) is 4.04. The standard InChI is InChI=1S/C18H14N4O3S/c23-17(13-4-2-6-15(10-13)22(24)25)19-14-5-1-3-12(9-14)16-11-21-7-8-26-18(21)20-16/h1-6,9-11H,7-8H2,(H,19,23). The number of amides is 1. The fourth-order valence-electron chi connectivity index (χ4n) is 2.77. The highest BCUT2D eigenvalue weighted by Crippen LogP contribution is 2.30. The van der Waals surface area contributed by atoms with Crippen LogP contribution in [0.3, 0.4) is 0 Å². The summed E-state index contributed by atoms with van der Waals surface area (Å²) in [7, 11) is 0. The molecule has 1 amide bonds. The van der Waals surface area contributed by atoms with Crippen LogP contribution in [-0.4, -0.2) is 26.1 Å². The number of nitro benzene ring substituents is 1. The van der Waals surface area contributed by atoms with Crippen LogP contribution in [0.2, 0.25) is 0 Å². The van der Waals surface area contributed by atoms with Crippen molar-refractivity contribution in [1.82, 2.24) is 9.55 Å². The number of imidazole rings is 1. The molecule has 0 aliphatic carbocycles. The van der Waals surface area contributed by atoms with Gasteiger partial charge in [0.15, 0.2) is 5.16 Å². The molecule has 1 aliphatic heterocycles. The molecule has 0 spiro atoms. The number of aromatic nitrogens is 2. The number of carbonyl (C=O) groups is 1. The fourth-order valence-corrected chi connectivity index (χ4v) is 3.71. The maximum Gasteiger partial charge on any atom is 0.270 e. The predicted molar refractivity (Wildman–Crippen MR) is 99.4 cm³/mol. The summed E-state index contributed by atoms with van der Waals surface area (Å²) in [5.74, 6) is 0.649. The molecule has 2 aromatic carbocycles. The lowest BCUT2D eigenvalue weighted by Crippen LogP contribution is -2.12. The van der Waals surface area contributed by atoms with Crippen LogP contribution in [0, 0.1) is 10.1 Å². The van der Waals surface area contributed by atoms with E-state index in [-0.39, 0.29) is 11.3 Å². The highest BCUT2D eigenvalue weighted by atomic mass is 32.2. The van der Waals surface area contributed by atoms with E-state index in [4.69, 9.17) is 0 Å². The first kappa shape index (κ1) is 16.3. The quantitative estimate of drug-likeness (QED) is 0.560. The van der Waals surface area contributed by atoms with Gasteiger partial charge in [-0.2, -0.15) is 0 Å². The Morgan fingerprint density at radius 2 is 2.08 bits per heavy atom. The molecule has 7 nitrogen and oxygen atoms in total. The Morgan fingerprint density at radius 1 is 1.23 bits per heavy atom. The highest BCUT2D eigenvalue weighted by molar-refractivity contribution is 7.99. The zero-order valence-corrected chi connectivity index (χ0v) is 14.4. The molecule has 0 fully saturated rings. The molecule has 26 heavy (non-hydrogen) atoms. The Hall–Kier alpha value is -3.13. The molecule has 0 atom stereocenters. The van der Waals surface area contributed by atoms with E-state index < -0.39 is 10.8 Å². The van der Waals surface area contributed by atoms with E-state index in [9.17, 15) is 14.9 Å². The highest BCUT2D eigenvalue weighted by Gasteiger charge is 2.16. The smallest absolute Gasteiger partial charge is 0.270 e. The summed E-state index contributed by atoms with van der Waals surface area (Å²) in [4.78, 5) is 27.3. The number of anilines is 1. The van der Waals surface area contributed by atoms with Crippen LogP contribution < -0.4 is 5.32 Å². The number of carbonyl (C=O) groups excluding carboxylic acids is 1. The lowest BCUT2D eigenvalue weighted by molar-refractivity contribution is -0.384. The Morgan fingerprint density at radius 3 is 2.88 bits per heavy atom. The molecule has 0 saturated carbocycles. The van der Waals surface area contributed by atoms with Gasteiger partial charge in [-0.3, -0.25) is 14.9 Å². The van der Waals surface area contributed by atoms with Gasteiger partial charge in [-0.25, -0.2) is 4.98 Å². The first-order chi connectivity index (χ1) is 12.6. The van der Waals surface area contributed by atoms with Crippen LogP contribution in [-0.2, 0) is 6.54 Å². The van der Waals surface area contributed by atoms with Gasteiger partial charge in [-0.05, 0) is 18.2 Å². The van der Waals surface area contributed by atoms with E-state index in [2.05, 4.69) is 14.9 Å². The summed E-state index contributed by atoms with van der Waals surface area (Å²) < 4.78 is 2.12. The number of nitrogens with zero attached hydrogens (tertiary/aromatic N) is 3. The molecule has 1 N–H and O–H groups in total. The Labute approximate surface area is 153 Å². The van der Waals surface area contributed by atoms with Crippen LogP contribution in [0.5, 0.6) is 0 Å².